The van der Waals surface area contributed by atoms with Crippen LogP contribution >= 0.6 is 0 Å². The van der Waals surface area contributed by atoms with Crippen LogP contribution in [-0.4, -0.2) is 0 Å². The SMILES string of the molecule is CC/C1=C\C2=C/C=C/c3c(c(C(C)C)c4ccccc4c3C(C)C)\C1=C\C=C(/C)c1c2c(C(C)C)c2ccccc2c1C(C)C. The van der Waals surface area contributed by atoms with Crippen LogP contribution in [-0.2, 0) is 0 Å². The van der Waals surface area contributed by atoms with E-state index in [-0.39, 0.29) is 0 Å². The Hall–Kier alpha value is -3.90. The minimum Gasteiger partial charge on any atom is -0.0616 e. The summed E-state index contributed by atoms with van der Waals surface area (Å²) in [4.78, 5) is 0. The molecule has 2 aliphatic carbocycles. The molecule has 0 N–H and O–H groups in total. The fourth-order valence-corrected chi connectivity index (χ4v) is 8.25. The highest BCUT2D eigenvalue weighted by Crippen LogP contribution is 2.49. The fourth-order valence-electron chi connectivity index (χ4n) is 8.25. The van der Waals surface area contributed by atoms with E-state index in [0.717, 1.165) is 6.42 Å². The smallest absolute Gasteiger partial charge is 0.00647 e. The average molecular weight is 591 g/mol. The van der Waals surface area contributed by atoms with E-state index in [4.69, 9.17) is 0 Å². The summed E-state index contributed by atoms with van der Waals surface area (Å²) in [5, 5.41) is 5.58. The Balaban J connectivity index is 1.86. The zero-order chi connectivity index (χ0) is 32.2. The van der Waals surface area contributed by atoms with Gasteiger partial charge in [-0.1, -0.05) is 147 Å². The Morgan fingerprint density at radius 1 is 0.533 bits per heavy atom. The van der Waals surface area contributed by atoms with Crippen LogP contribution in [0.15, 0.2) is 84.5 Å². The van der Waals surface area contributed by atoms with E-state index < -0.39 is 0 Å². The van der Waals surface area contributed by atoms with Crippen LogP contribution in [0.25, 0.3) is 44.3 Å². The summed E-state index contributed by atoms with van der Waals surface area (Å²) in [5.41, 5.74) is 16.9. The molecule has 0 saturated heterocycles. The maximum atomic E-state index is 2.54. The summed E-state index contributed by atoms with van der Waals surface area (Å²) < 4.78 is 0. The molecule has 0 aromatic heterocycles. The van der Waals surface area contributed by atoms with Gasteiger partial charge in [-0.3, -0.25) is 0 Å². The first-order valence-electron chi connectivity index (χ1n) is 17.2. The molecule has 0 amide bonds. The van der Waals surface area contributed by atoms with Crippen LogP contribution in [0.1, 0.15) is 144 Å². The largest absolute Gasteiger partial charge is 0.0616 e. The first kappa shape index (κ1) is 31.1. The molecule has 4 aromatic rings. The van der Waals surface area contributed by atoms with E-state index in [0.29, 0.717) is 23.7 Å². The van der Waals surface area contributed by atoms with Crippen LogP contribution in [0, 0.1) is 0 Å². The average Bonchev–Trinajstić information content (AvgIpc) is 3.11. The van der Waals surface area contributed by atoms with Gasteiger partial charge in [-0.15, -0.1) is 0 Å². The number of hydrogen-bond acceptors (Lipinski definition) is 0. The molecule has 2 bridgehead atoms. The molecule has 0 unspecified atom stereocenters. The molecular formula is C45H50. The summed E-state index contributed by atoms with van der Waals surface area (Å²) in [5.74, 6) is 1.55. The summed E-state index contributed by atoms with van der Waals surface area (Å²) in [6.45, 7) is 23.6. The van der Waals surface area contributed by atoms with Crippen molar-refractivity contribution in [1.29, 1.82) is 0 Å². The molecule has 0 nitrogen and oxygen atoms in total. The molecule has 0 heteroatoms. The van der Waals surface area contributed by atoms with Gasteiger partial charge >= 0.3 is 0 Å². The normalized spacial score (nSPS) is 20.2. The van der Waals surface area contributed by atoms with Gasteiger partial charge in [0, 0.05) is 0 Å². The van der Waals surface area contributed by atoms with E-state index in [1.807, 2.05) is 0 Å². The monoisotopic (exact) mass is 590 g/mol. The third-order valence-corrected chi connectivity index (χ3v) is 9.99. The van der Waals surface area contributed by atoms with Crippen molar-refractivity contribution in [3.8, 4) is 0 Å². The van der Waals surface area contributed by atoms with Crippen molar-refractivity contribution < 1.29 is 0 Å². The lowest BCUT2D eigenvalue weighted by molar-refractivity contribution is 0.852. The minimum absolute atomic E-state index is 0.379. The molecule has 45 heavy (non-hydrogen) atoms. The Labute approximate surface area is 272 Å². The van der Waals surface area contributed by atoms with Crippen molar-refractivity contribution in [2.24, 2.45) is 0 Å². The number of hydrogen-bond donors (Lipinski definition) is 0. The zero-order valence-corrected chi connectivity index (χ0v) is 29.1. The summed E-state index contributed by atoms with van der Waals surface area (Å²) in [6.07, 6.45) is 15.6. The minimum atomic E-state index is 0.379. The second kappa shape index (κ2) is 12.1. The molecule has 6 rings (SSSR count). The van der Waals surface area contributed by atoms with Crippen molar-refractivity contribution in [3.05, 3.63) is 129 Å². The fraction of sp³-hybridized carbons (Fsp3) is 0.333. The van der Waals surface area contributed by atoms with Crippen molar-refractivity contribution >= 4 is 44.3 Å². The van der Waals surface area contributed by atoms with Gasteiger partial charge in [0.2, 0.25) is 0 Å². The second-order valence-electron chi connectivity index (χ2n) is 14.3. The third kappa shape index (κ3) is 5.07. The van der Waals surface area contributed by atoms with E-state index in [1.54, 1.807) is 0 Å². The highest BCUT2D eigenvalue weighted by atomic mass is 14.3. The molecule has 0 fully saturated rings. The Morgan fingerprint density at radius 2 is 1.00 bits per heavy atom. The van der Waals surface area contributed by atoms with Gasteiger partial charge in [0.1, 0.15) is 0 Å². The van der Waals surface area contributed by atoms with E-state index in [9.17, 15) is 0 Å². The number of allylic oxidation sites excluding steroid dienone is 9. The van der Waals surface area contributed by atoms with Crippen molar-refractivity contribution in [3.63, 3.8) is 0 Å². The number of rotatable bonds is 5. The third-order valence-electron chi connectivity index (χ3n) is 9.99. The summed E-state index contributed by atoms with van der Waals surface area (Å²) in [7, 11) is 0. The maximum Gasteiger partial charge on any atom is -0.00647 e. The van der Waals surface area contributed by atoms with Crippen LogP contribution in [0.4, 0.5) is 0 Å². The number of fused-ring (bicyclic) bond motifs is 8. The lowest BCUT2D eigenvalue weighted by atomic mass is 9.76. The van der Waals surface area contributed by atoms with Crippen molar-refractivity contribution in [2.75, 3.05) is 0 Å². The second-order valence-corrected chi connectivity index (χ2v) is 14.3. The first-order valence-corrected chi connectivity index (χ1v) is 17.2. The molecule has 0 heterocycles. The quantitative estimate of drug-likeness (QED) is 0.217. The highest BCUT2D eigenvalue weighted by Gasteiger charge is 2.29. The molecule has 2 aliphatic rings. The van der Waals surface area contributed by atoms with Crippen molar-refractivity contribution in [2.45, 2.75) is 99.3 Å². The van der Waals surface area contributed by atoms with Crippen LogP contribution in [0.2, 0.25) is 0 Å². The van der Waals surface area contributed by atoms with Gasteiger partial charge in [0.15, 0.2) is 0 Å². The molecule has 4 aromatic carbocycles. The van der Waals surface area contributed by atoms with Crippen molar-refractivity contribution in [1.82, 2.24) is 0 Å². The molecule has 0 radical (unpaired) electrons. The topological polar surface area (TPSA) is 0 Å². The Bertz CT molecular complexity index is 1970. The molecule has 0 spiro atoms. The van der Waals surface area contributed by atoms with Crippen LogP contribution in [0.3, 0.4) is 0 Å². The molecule has 230 valence electrons. The van der Waals surface area contributed by atoms with E-state index in [1.165, 1.54) is 88.3 Å². The van der Waals surface area contributed by atoms with Crippen LogP contribution < -0.4 is 0 Å². The zero-order valence-electron chi connectivity index (χ0n) is 29.1. The molecule has 0 saturated carbocycles. The van der Waals surface area contributed by atoms with Gasteiger partial charge in [-0.25, -0.2) is 0 Å². The van der Waals surface area contributed by atoms with Gasteiger partial charge < -0.3 is 0 Å². The first-order chi connectivity index (χ1) is 21.6. The molecule has 0 atom stereocenters. The van der Waals surface area contributed by atoms with Gasteiger partial charge in [0.25, 0.3) is 0 Å². The molecule has 0 aliphatic heterocycles. The molecular weight excluding hydrogens is 540 g/mol. The summed E-state index contributed by atoms with van der Waals surface area (Å²) in [6, 6.07) is 18.3. The van der Waals surface area contributed by atoms with Crippen LogP contribution in [0.5, 0.6) is 0 Å². The Morgan fingerprint density at radius 3 is 1.49 bits per heavy atom. The predicted octanol–water partition coefficient (Wildman–Crippen LogP) is 13.7. The maximum absolute atomic E-state index is 2.54. The predicted molar refractivity (Wildman–Crippen MR) is 201 cm³/mol. The number of benzene rings is 4. The van der Waals surface area contributed by atoms with Gasteiger partial charge in [-0.2, -0.15) is 0 Å². The highest BCUT2D eigenvalue weighted by molar-refractivity contribution is 6.06. The van der Waals surface area contributed by atoms with E-state index >= 15 is 0 Å². The lowest BCUT2D eigenvalue weighted by Gasteiger charge is -2.27. The van der Waals surface area contributed by atoms with Gasteiger partial charge in [-0.05, 0) is 125 Å². The van der Waals surface area contributed by atoms with Gasteiger partial charge in [0.05, 0.1) is 0 Å². The van der Waals surface area contributed by atoms with E-state index in [2.05, 4.69) is 154 Å². The standard InChI is InChI=1S/C45H50/c1-11-31-25-32-17-16-22-38-39(26(2)3)34-18-12-13-19-35(34)42(29(8)9)45(38)33(31)24-23-30(10)43-40(27(4)5)36-20-14-15-21-37(36)41(28(6)7)44(32)43/h12-29H,11H2,1-10H3/b17-16?,22-16+,24-23?,30-23+,31-25+,32-17+,33-24+,38-22?,43-30?,44-32?,45-33?. The lowest BCUT2D eigenvalue weighted by Crippen LogP contribution is -2.08. The Kier molecular flexibility index (Phi) is 8.38. The summed E-state index contributed by atoms with van der Waals surface area (Å²) >= 11 is 0.